The molecule has 0 aromatic rings. The quantitative estimate of drug-likeness (QED) is 0.660. The zero-order valence-electron chi connectivity index (χ0n) is 10.2. The Morgan fingerprint density at radius 1 is 1.33 bits per heavy atom. The van der Waals surface area contributed by atoms with E-state index in [0.29, 0.717) is 17.8 Å². The van der Waals surface area contributed by atoms with E-state index in [9.17, 15) is 0 Å². The molecule has 0 saturated carbocycles. The van der Waals surface area contributed by atoms with E-state index in [1.54, 1.807) is 0 Å². The molecule has 2 fully saturated rings. The molecule has 2 bridgehead atoms. The van der Waals surface area contributed by atoms with Gasteiger partial charge in [0.2, 0.25) is 0 Å². The fourth-order valence-corrected chi connectivity index (χ4v) is 3.41. The van der Waals surface area contributed by atoms with Crippen LogP contribution in [0.5, 0.6) is 0 Å². The van der Waals surface area contributed by atoms with Crippen molar-refractivity contribution in [3.8, 4) is 0 Å². The van der Waals surface area contributed by atoms with Crippen LogP contribution in [-0.4, -0.2) is 32.2 Å². The molecule has 2 nitrogen and oxygen atoms in total. The maximum Gasteiger partial charge on any atom is 0.112 e. The van der Waals surface area contributed by atoms with E-state index in [-0.39, 0.29) is 17.7 Å². The zero-order chi connectivity index (χ0) is 11.2. The van der Waals surface area contributed by atoms with Crippen LogP contribution >= 0.6 is 0 Å². The van der Waals surface area contributed by atoms with E-state index in [2.05, 4.69) is 27.7 Å². The summed E-state index contributed by atoms with van der Waals surface area (Å²) in [5.74, 6) is 1.67. The molecule has 4 atom stereocenters. The highest BCUT2D eigenvalue weighted by Crippen LogP contribution is 2.50. The summed E-state index contributed by atoms with van der Waals surface area (Å²) in [6, 6.07) is -0.218. The predicted molar refractivity (Wildman–Crippen MR) is 60.9 cm³/mol. The first-order chi connectivity index (χ1) is 6.96. The van der Waals surface area contributed by atoms with E-state index in [1.807, 2.05) is 0 Å². The normalized spacial score (nSPS) is 44.5. The Hall–Kier alpha value is -0.0151. The lowest BCUT2D eigenvalue weighted by Crippen LogP contribution is -2.41. The van der Waals surface area contributed by atoms with Gasteiger partial charge in [0.15, 0.2) is 0 Å². The summed E-state index contributed by atoms with van der Waals surface area (Å²) in [5.41, 5.74) is -0.105. The van der Waals surface area contributed by atoms with Gasteiger partial charge in [0, 0.05) is 11.9 Å². The van der Waals surface area contributed by atoms with Crippen LogP contribution in [0, 0.1) is 17.8 Å². The fourth-order valence-electron chi connectivity index (χ4n) is 3.41. The maximum atomic E-state index is 5.99. The molecule has 2 saturated heterocycles. The molecule has 0 spiro atoms. The minimum atomic E-state index is -0.218. The van der Waals surface area contributed by atoms with Crippen LogP contribution in [0.15, 0.2) is 0 Å². The number of hydrogen-bond donors (Lipinski definition) is 0. The predicted octanol–water partition coefficient (Wildman–Crippen LogP) is 1.97. The van der Waals surface area contributed by atoms with Gasteiger partial charge in [-0.25, -0.2) is 0 Å². The monoisotopic (exact) mass is 208 g/mol. The molecule has 2 unspecified atom stereocenters. The van der Waals surface area contributed by atoms with Gasteiger partial charge in [0.1, 0.15) is 7.85 Å². The second-order valence-electron chi connectivity index (χ2n) is 5.79. The summed E-state index contributed by atoms with van der Waals surface area (Å²) in [6.45, 7) is 9.66. The van der Waals surface area contributed by atoms with Crippen LogP contribution in [0.4, 0.5) is 0 Å². The smallest absolute Gasteiger partial charge is 0.112 e. The molecule has 3 heteroatoms. The van der Waals surface area contributed by atoms with Gasteiger partial charge in [-0.05, 0) is 18.3 Å². The van der Waals surface area contributed by atoms with Gasteiger partial charge < -0.3 is 9.47 Å². The van der Waals surface area contributed by atoms with Gasteiger partial charge in [-0.2, -0.15) is 0 Å². The van der Waals surface area contributed by atoms with E-state index in [4.69, 9.17) is 17.3 Å². The Morgan fingerprint density at radius 2 is 2.00 bits per heavy atom. The first kappa shape index (κ1) is 11.5. The highest BCUT2D eigenvalue weighted by Gasteiger charge is 2.59. The fraction of sp³-hybridized carbons (Fsp3) is 1.00. The lowest BCUT2D eigenvalue weighted by Gasteiger charge is -2.34. The lowest BCUT2D eigenvalue weighted by molar-refractivity contribution is -0.122. The molecular weight excluding hydrogens is 187 g/mol. The third-order valence-corrected chi connectivity index (χ3v) is 3.65. The summed E-state index contributed by atoms with van der Waals surface area (Å²) < 4.78 is 11.8. The molecule has 0 amide bonds. The summed E-state index contributed by atoms with van der Waals surface area (Å²) in [6.07, 6.45) is 1.17. The third-order valence-electron chi connectivity index (χ3n) is 3.65. The zero-order valence-corrected chi connectivity index (χ0v) is 10.2. The van der Waals surface area contributed by atoms with Crippen LogP contribution in [-0.2, 0) is 9.47 Å². The van der Waals surface area contributed by atoms with Crippen molar-refractivity contribution in [1.29, 1.82) is 0 Å². The van der Waals surface area contributed by atoms with Gasteiger partial charge in [-0.1, -0.05) is 27.7 Å². The first-order valence-corrected chi connectivity index (χ1v) is 6.01. The minimum Gasteiger partial charge on any atom is -0.376 e. The number of fused-ring (bicyclic) bond motifs is 2. The Bertz CT molecular complexity index is 242. The Morgan fingerprint density at radius 3 is 2.47 bits per heavy atom. The largest absolute Gasteiger partial charge is 0.376 e. The molecule has 0 aromatic heterocycles. The average Bonchev–Trinajstić information content (AvgIpc) is 2.53. The topological polar surface area (TPSA) is 18.5 Å². The molecule has 2 rings (SSSR count). The van der Waals surface area contributed by atoms with Gasteiger partial charge in [-0.3, -0.25) is 0 Å². The van der Waals surface area contributed by atoms with Crippen molar-refractivity contribution in [3.63, 3.8) is 0 Å². The maximum absolute atomic E-state index is 5.99. The Kier molecular flexibility index (Phi) is 2.89. The molecule has 84 valence electrons. The van der Waals surface area contributed by atoms with E-state index in [1.165, 1.54) is 0 Å². The van der Waals surface area contributed by atoms with Crippen molar-refractivity contribution in [3.05, 3.63) is 0 Å². The van der Waals surface area contributed by atoms with Crippen molar-refractivity contribution in [2.45, 2.75) is 51.8 Å². The van der Waals surface area contributed by atoms with Crippen LogP contribution in [0.25, 0.3) is 0 Å². The van der Waals surface area contributed by atoms with Crippen LogP contribution < -0.4 is 0 Å². The molecule has 2 radical (unpaired) electrons. The highest BCUT2D eigenvalue weighted by atomic mass is 16.6. The van der Waals surface area contributed by atoms with Gasteiger partial charge in [0.25, 0.3) is 0 Å². The van der Waals surface area contributed by atoms with E-state index in [0.717, 1.165) is 13.0 Å². The van der Waals surface area contributed by atoms with Crippen molar-refractivity contribution in [2.24, 2.45) is 17.8 Å². The average molecular weight is 208 g/mol. The minimum absolute atomic E-state index is 0.105. The van der Waals surface area contributed by atoms with Crippen molar-refractivity contribution in [1.82, 2.24) is 0 Å². The van der Waals surface area contributed by atoms with Crippen LogP contribution in [0.2, 0.25) is 0 Å². The molecule has 15 heavy (non-hydrogen) atoms. The third kappa shape index (κ3) is 1.74. The van der Waals surface area contributed by atoms with Crippen LogP contribution in [0.3, 0.4) is 0 Å². The summed E-state index contributed by atoms with van der Waals surface area (Å²) >= 11 is 0. The van der Waals surface area contributed by atoms with Gasteiger partial charge in [-0.15, -0.1) is 0 Å². The van der Waals surface area contributed by atoms with Crippen molar-refractivity contribution >= 4 is 7.85 Å². The SMILES string of the molecule is [B][C@@H]1O[C@@]2(CC(C)C)COC1C2C(C)C. The standard InChI is InChI=1S/C12H21BO2/c1-7(2)5-12-6-14-10(11(13)15-12)9(12)8(3)4/h7-11H,5-6H2,1-4H3/t9?,10?,11-,12+/m1/s1. The molecular formula is C12H21BO2. The lowest BCUT2D eigenvalue weighted by atomic mass is 9.74. The Balaban J connectivity index is 2.21. The number of hydrogen-bond acceptors (Lipinski definition) is 2. The molecule has 2 heterocycles. The van der Waals surface area contributed by atoms with E-state index >= 15 is 0 Å². The number of rotatable bonds is 3. The second kappa shape index (κ2) is 3.78. The van der Waals surface area contributed by atoms with Gasteiger partial charge >= 0.3 is 0 Å². The number of ether oxygens (including phenoxy) is 2. The second-order valence-corrected chi connectivity index (χ2v) is 5.79. The summed E-state index contributed by atoms with van der Waals surface area (Å²) in [7, 11) is 5.96. The van der Waals surface area contributed by atoms with Crippen molar-refractivity contribution < 1.29 is 9.47 Å². The molecule has 0 aromatic carbocycles. The molecule has 0 aliphatic carbocycles. The molecule has 0 N–H and O–H groups in total. The van der Waals surface area contributed by atoms with Crippen molar-refractivity contribution in [2.75, 3.05) is 6.61 Å². The summed E-state index contributed by atoms with van der Waals surface area (Å²) in [5, 5.41) is 0. The van der Waals surface area contributed by atoms with Crippen LogP contribution in [0.1, 0.15) is 34.1 Å². The molecule has 2 aliphatic heterocycles. The highest BCUT2D eigenvalue weighted by molar-refractivity contribution is 6.11. The molecule has 2 aliphatic rings. The van der Waals surface area contributed by atoms with E-state index < -0.39 is 0 Å². The Labute approximate surface area is 94.1 Å². The first-order valence-electron chi connectivity index (χ1n) is 6.01. The van der Waals surface area contributed by atoms with Gasteiger partial charge in [0.05, 0.1) is 18.3 Å². The summed E-state index contributed by atoms with van der Waals surface area (Å²) in [4.78, 5) is 0.